The molecule has 46 heavy (non-hydrogen) atoms. The summed E-state index contributed by atoms with van der Waals surface area (Å²) in [6, 6.07) is 13.2. The zero-order chi connectivity index (χ0) is 33.2. The van der Waals surface area contributed by atoms with E-state index in [9.17, 15) is 19.1 Å². The molecule has 0 aromatic heterocycles. The van der Waals surface area contributed by atoms with E-state index >= 15 is 0 Å². The van der Waals surface area contributed by atoms with Crippen LogP contribution in [0, 0.1) is 5.82 Å². The van der Waals surface area contributed by atoms with E-state index in [0.717, 1.165) is 5.56 Å². The van der Waals surface area contributed by atoms with Gasteiger partial charge in [-0.3, -0.25) is 5.43 Å². The zero-order valence-electron chi connectivity index (χ0n) is 25.6. The monoisotopic (exact) mass is 700 g/mol. The van der Waals surface area contributed by atoms with E-state index in [4.69, 9.17) is 23.7 Å². The molecule has 4 rings (SSSR count). The standard InChI is InChI=1S/C32H34BrFN4O8/c1-5-44-25-14-21(29-28(31(40)43-4)18(2)36-32(41)37-29)8-11-24(25)45-17-27(39)38-35-15-20-12-23(33)30(26(13-20)42-3)46-16-19-6-9-22(34)10-7-19/h6-15,27,29,38-39H,5,16-17H2,1-4H3,(H2,36,37,41)/b35-15-/t27-,29-/m1/s1. The highest BCUT2D eigenvalue weighted by Gasteiger charge is 2.32. The number of urea groups is 1. The summed E-state index contributed by atoms with van der Waals surface area (Å²) in [4.78, 5) is 24.6. The molecule has 0 unspecified atom stereocenters. The zero-order valence-corrected chi connectivity index (χ0v) is 27.1. The molecule has 0 fully saturated rings. The Balaban J connectivity index is 1.38. The Morgan fingerprint density at radius 2 is 1.85 bits per heavy atom. The van der Waals surface area contributed by atoms with E-state index in [2.05, 4.69) is 37.1 Å². The number of hydrazone groups is 1. The summed E-state index contributed by atoms with van der Waals surface area (Å²) >= 11 is 3.49. The van der Waals surface area contributed by atoms with Gasteiger partial charge in [-0.25, -0.2) is 14.0 Å². The van der Waals surface area contributed by atoms with Crippen molar-refractivity contribution >= 4 is 34.1 Å². The number of carbonyl (C=O) groups is 2. The summed E-state index contributed by atoms with van der Waals surface area (Å²) in [5, 5.41) is 19.9. The van der Waals surface area contributed by atoms with Crippen molar-refractivity contribution in [3.05, 3.63) is 92.8 Å². The van der Waals surface area contributed by atoms with Crippen LogP contribution in [-0.4, -0.2) is 57.0 Å². The number of amides is 2. The molecule has 0 saturated heterocycles. The molecular formula is C32H34BrFN4O8. The third kappa shape index (κ3) is 8.67. The largest absolute Gasteiger partial charge is 0.493 e. The second kappa shape index (κ2) is 16.0. The molecule has 0 saturated carbocycles. The number of benzene rings is 3. The predicted molar refractivity (Wildman–Crippen MR) is 170 cm³/mol. The maximum absolute atomic E-state index is 13.2. The Morgan fingerprint density at radius 3 is 2.54 bits per heavy atom. The highest BCUT2D eigenvalue weighted by Crippen LogP contribution is 2.37. The van der Waals surface area contributed by atoms with E-state index in [1.54, 1.807) is 56.3 Å². The van der Waals surface area contributed by atoms with Crippen LogP contribution in [0.2, 0.25) is 0 Å². The molecule has 1 aliphatic heterocycles. The average molecular weight is 702 g/mol. The van der Waals surface area contributed by atoms with Gasteiger partial charge in [0.05, 0.1) is 43.1 Å². The number of aliphatic hydroxyl groups is 1. The van der Waals surface area contributed by atoms with Crippen molar-refractivity contribution in [1.82, 2.24) is 16.1 Å². The molecule has 0 radical (unpaired) electrons. The van der Waals surface area contributed by atoms with E-state index in [1.807, 2.05) is 0 Å². The molecular weight excluding hydrogens is 667 g/mol. The number of nitrogens with zero attached hydrogens (tertiary/aromatic N) is 1. The number of esters is 1. The van der Waals surface area contributed by atoms with Crippen molar-refractivity contribution < 1.29 is 42.8 Å². The number of hydrogen-bond acceptors (Lipinski definition) is 10. The van der Waals surface area contributed by atoms with E-state index in [-0.39, 0.29) is 24.6 Å². The minimum absolute atomic E-state index is 0.184. The summed E-state index contributed by atoms with van der Waals surface area (Å²) < 4.78 is 41.6. The maximum atomic E-state index is 13.2. The first-order chi connectivity index (χ1) is 22.1. The second-order valence-electron chi connectivity index (χ2n) is 9.86. The van der Waals surface area contributed by atoms with Crippen LogP contribution in [0.15, 0.2) is 75.4 Å². The smallest absolute Gasteiger partial charge is 0.337 e. The molecule has 0 aliphatic carbocycles. The third-order valence-electron chi connectivity index (χ3n) is 6.66. The molecule has 244 valence electrons. The number of methoxy groups -OCH3 is 2. The lowest BCUT2D eigenvalue weighted by atomic mass is 9.95. The molecule has 1 aliphatic rings. The Kier molecular flexibility index (Phi) is 11.8. The summed E-state index contributed by atoms with van der Waals surface area (Å²) in [5.41, 5.74) is 5.25. The van der Waals surface area contributed by atoms with Gasteiger partial charge >= 0.3 is 12.0 Å². The number of carbonyl (C=O) groups excluding carboxylic acids is 2. The van der Waals surface area contributed by atoms with Gasteiger partial charge in [-0.15, -0.1) is 0 Å². The normalized spacial score (nSPS) is 15.1. The van der Waals surface area contributed by atoms with Crippen LogP contribution in [0.5, 0.6) is 23.0 Å². The fourth-order valence-electron chi connectivity index (χ4n) is 4.51. The van der Waals surface area contributed by atoms with Crippen molar-refractivity contribution in [2.75, 3.05) is 27.4 Å². The van der Waals surface area contributed by atoms with Crippen molar-refractivity contribution in [3.8, 4) is 23.0 Å². The molecule has 14 heteroatoms. The van der Waals surface area contributed by atoms with Crippen LogP contribution in [0.25, 0.3) is 0 Å². The third-order valence-corrected chi connectivity index (χ3v) is 7.25. The number of nitrogens with one attached hydrogen (secondary N) is 3. The summed E-state index contributed by atoms with van der Waals surface area (Å²) in [5.74, 6) is 0.694. The van der Waals surface area contributed by atoms with Gasteiger partial charge in [0.15, 0.2) is 29.2 Å². The lowest BCUT2D eigenvalue weighted by Gasteiger charge is -2.28. The van der Waals surface area contributed by atoms with E-state index in [1.165, 1.54) is 32.6 Å². The molecule has 3 aromatic rings. The number of allylic oxidation sites excluding steroid dienone is 1. The van der Waals surface area contributed by atoms with Crippen LogP contribution in [0.3, 0.4) is 0 Å². The second-order valence-corrected chi connectivity index (χ2v) is 10.7. The summed E-state index contributed by atoms with van der Waals surface area (Å²) in [6.07, 6.45) is 0.303. The van der Waals surface area contributed by atoms with Crippen molar-refractivity contribution in [1.29, 1.82) is 0 Å². The van der Waals surface area contributed by atoms with Crippen LogP contribution >= 0.6 is 15.9 Å². The highest BCUT2D eigenvalue weighted by molar-refractivity contribution is 9.10. The highest BCUT2D eigenvalue weighted by atomic mass is 79.9. The lowest BCUT2D eigenvalue weighted by molar-refractivity contribution is -0.136. The first-order valence-corrected chi connectivity index (χ1v) is 14.9. The first kappa shape index (κ1) is 34.1. The van der Waals surface area contributed by atoms with Gasteiger partial charge in [-0.1, -0.05) is 18.2 Å². The van der Waals surface area contributed by atoms with Gasteiger partial charge in [0, 0.05) is 5.70 Å². The molecule has 2 atom stereocenters. The predicted octanol–water partition coefficient (Wildman–Crippen LogP) is 4.70. The Hall–Kier alpha value is -4.82. The van der Waals surface area contributed by atoms with Crippen LogP contribution in [0.4, 0.5) is 9.18 Å². The number of hydrogen-bond donors (Lipinski definition) is 4. The Morgan fingerprint density at radius 1 is 1.09 bits per heavy atom. The molecule has 0 spiro atoms. The Labute approximate surface area is 273 Å². The maximum Gasteiger partial charge on any atom is 0.337 e. The fourth-order valence-corrected chi connectivity index (χ4v) is 5.08. The van der Waals surface area contributed by atoms with Gasteiger partial charge < -0.3 is 39.4 Å². The van der Waals surface area contributed by atoms with Crippen LogP contribution in [0.1, 0.15) is 36.6 Å². The fraction of sp³-hybridized carbons (Fsp3) is 0.281. The molecule has 0 bridgehead atoms. The van der Waals surface area contributed by atoms with E-state index < -0.39 is 24.3 Å². The number of aliphatic hydroxyl groups excluding tert-OH is 1. The average Bonchev–Trinajstić information content (AvgIpc) is 3.03. The van der Waals surface area contributed by atoms with Crippen LogP contribution in [-0.2, 0) is 16.1 Å². The topological polar surface area (TPSA) is 149 Å². The van der Waals surface area contributed by atoms with Crippen molar-refractivity contribution in [2.45, 2.75) is 32.7 Å². The molecule has 4 N–H and O–H groups in total. The summed E-state index contributed by atoms with van der Waals surface area (Å²) in [7, 11) is 2.77. The Bertz CT molecular complexity index is 1620. The summed E-state index contributed by atoms with van der Waals surface area (Å²) in [6.45, 7) is 3.76. The van der Waals surface area contributed by atoms with Gasteiger partial charge in [-0.2, -0.15) is 5.10 Å². The SMILES string of the molecule is CCOc1cc([C@H]2NC(=O)NC(C)=C2C(=O)OC)ccc1OC[C@@H](O)N/N=C\c1cc(Br)c(OCc2ccc(F)cc2)c(OC)c1. The van der Waals surface area contributed by atoms with Gasteiger partial charge in [0.2, 0.25) is 0 Å². The lowest BCUT2D eigenvalue weighted by Crippen LogP contribution is -2.45. The van der Waals surface area contributed by atoms with Gasteiger partial charge in [-0.05, 0) is 82.9 Å². The van der Waals surface area contributed by atoms with Gasteiger partial charge in [0.25, 0.3) is 0 Å². The molecule has 1 heterocycles. The van der Waals surface area contributed by atoms with Crippen LogP contribution < -0.4 is 35.0 Å². The number of ether oxygens (including phenoxy) is 5. The molecule has 2 amide bonds. The van der Waals surface area contributed by atoms with Gasteiger partial charge in [0.1, 0.15) is 19.0 Å². The van der Waals surface area contributed by atoms with Crippen molar-refractivity contribution in [3.63, 3.8) is 0 Å². The molecule has 3 aromatic carbocycles. The number of rotatable bonds is 14. The van der Waals surface area contributed by atoms with Crippen molar-refractivity contribution in [2.24, 2.45) is 5.10 Å². The first-order valence-electron chi connectivity index (χ1n) is 14.1. The molecule has 12 nitrogen and oxygen atoms in total. The minimum atomic E-state index is -1.19. The number of halogens is 2. The van der Waals surface area contributed by atoms with E-state index in [0.29, 0.717) is 50.9 Å². The minimum Gasteiger partial charge on any atom is -0.493 e. The quantitative estimate of drug-likeness (QED) is 0.0813.